The molecule has 2 N–H and O–H groups in total. The molecule has 2 aliphatic rings. The van der Waals surface area contributed by atoms with Crippen molar-refractivity contribution in [1.82, 2.24) is 25.1 Å². The number of benzene rings is 1. The minimum Gasteiger partial charge on any atom is -0.507 e. The van der Waals surface area contributed by atoms with E-state index in [0.717, 1.165) is 24.3 Å². The number of aromatic nitrogens is 4. The standard InChI is InChI=1S/C23H26N6O/c1-22-8-9-23(2,27-22)14-17(13-22)28(3)21-7-6-19(25-26-21)18-5-4-16(12-20(18)30)29-11-10-24-15-29/h4-12,15,17,27,30H,13-14H2,1-3H3/t17?,22-,23+. The van der Waals surface area contributed by atoms with E-state index in [1.807, 2.05) is 35.0 Å². The number of imidazole rings is 1. The number of phenolic OH excluding ortho intramolecular Hbond substituents is 1. The molecular weight excluding hydrogens is 376 g/mol. The predicted octanol–water partition coefficient (Wildman–Crippen LogP) is 3.31. The van der Waals surface area contributed by atoms with E-state index in [4.69, 9.17) is 0 Å². The Hall–Kier alpha value is -3.19. The molecule has 1 unspecified atom stereocenters. The molecule has 0 radical (unpaired) electrons. The Morgan fingerprint density at radius 3 is 2.47 bits per heavy atom. The lowest BCUT2D eigenvalue weighted by Crippen LogP contribution is -2.59. The van der Waals surface area contributed by atoms with E-state index in [1.165, 1.54) is 0 Å². The zero-order valence-corrected chi connectivity index (χ0v) is 17.4. The molecule has 0 spiro atoms. The molecule has 2 bridgehead atoms. The third kappa shape index (κ3) is 3.25. The van der Waals surface area contributed by atoms with Gasteiger partial charge in [0.15, 0.2) is 5.82 Å². The number of fused-ring (bicyclic) bond motifs is 2. The zero-order chi connectivity index (χ0) is 20.9. The summed E-state index contributed by atoms with van der Waals surface area (Å²) in [6.45, 7) is 4.50. The average Bonchev–Trinajstić information content (AvgIpc) is 3.33. The summed E-state index contributed by atoms with van der Waals surface area (Å²) in [6.07, 6.45) is 11.9. The lowest BCUT2D eigenvalue weighted by atomic mass is 9.83. The minimum atomic E-state index is 0.0298. The van der Waals surface area contributed by atoms with Gasteiger partial charge in [0.2, 0.25) is 0 Å². The summed E-state index contributed by atoms with van der Waals surface area (Å²) >= 11 is 0. The quantitative estimate of drug-likeness (QED) is 0.652. The summed E-state index contributed by atoms with van der Waals surface area (Å²) in [5, 5.41) is 23.1. The van der Waals surface area contributed by atoms with Crippen LogP contribution < -0.4 is 10.2 Å². The van der Waals surface area contributed by atoms with E-state index in [1.54, 1.807) is 18.6 Å². The molecule has 30 heavy (non-hydrogen) atoms. The second-order valence-electron chi connectivity index (χ2n) is 8.91. The molecule has 2 aromatic heterocycles. The number of hydrogen-bond acceptors (Lipinski definition) is 6. The molecule has 0 amide bonds. The van der Waals surface area contributed by atoms with Crippen LogP contribution in [0.4, 0.5) is 5.82 Å². The van der Waals surface area contributed by atoms with Gasteiger partial charge < -0.3 is 14.6 Å². The van der Waals surface area contributed by atoms with Crippen molar-refractivity contribution in [2.24, 2.45) is 0 Å². The van der Waals surface area contributed by atoms with Crippen molar-refractivity contribution in [3.05, 3.63) is 61.2 Å². The first-order valence-electron chi connectivity index (χ1n) is 10.2. The Bertz CT molecular complexity index is 1070. The van der Waals surface area contributed by atoms with E-state index in [2.05, 4.69) is 58.4 Å². The third-order valence-corrected chi connectivity index (χ3v) is 6.33. The molecule has 3 aromatic rings. The van der Waals surface area contributed by atoms with E-state index in [-0.39, 0.29) is 16.8 Å². The van der Waals surface area contributed by atoms with Crippen molar-refractivity contribution in [1.29, 1.82) is 0 Å². The summed E-state index contributed by atoms with van der Waals surface area (Å²) in [7, 11) is 2.09. The second kappa shape index (κ2) is 6.67. The van der Waals surface area contributed by atoms with Crippen molar-refractivity contribution in [3.63, 3.8) is 0 Å². The maximum absolute atomic E-state index is 10.5. The Morgan fingerprint density at radius 1 is 1.10 bits per heavy atom. The maximum Gasteiger partial charge on any atom is 0.151 e. The summed E-state index contributed by atoms with van der Waals surface area (Å²) in [5.74, 6) is 1.00. The first kappa shape index (κ1) is 18.8. The van der Waals surface area contributed by atoms with Gasteiger partial charge in [-0.3, -0.25) is 5.32 Å². The second-order valence-corrected chi connectivity index (χ2v) is 8.91. The van der Waals surface area contributed by atoms with Gasteiger partial charge in [0.25, 0.3) is 0 Å². The van der Waals surface area contributed by atoms with E-state index >= 15 is 0 Å². The monoisotopic (exact) mass is 402 g/mol. The number of aromatic hydroxyl groups is 1. The Morgan fingerprint density at radius 2 is 1.87 bits per heavy atom. The number of phenols is 1. The predicted molar refractivity (Wildman–Crippen MR) is 117 cm³/mol. The Balaban J connectivity index is 1.36. The van der Waals surface area contributed by atoms with Crippen molar-refractivity contribution < 1.29 is 5.11 Å². The van der Waals surface area contributed by atoms with Gasteiger partial charge in [0.05, 0.1) is 17.7 Å². The molecule has 1 aromatic carbocycles. The number of nitrogens with zero attached hydrogens (tertiary/aromatic N) is 5. The number of piperidine rings is 1. The molecule has 0 aliphatic carbocycles. The maximum atomic E-state index is 10.5. The van der Waals surface area contributed by atoms with E-state index in [0.29, 0.717) is 17.3 Å². The van der Waals surface area contributed by atoms with Crippen LogP contribution in [0.1, 0.15) is 26.7 Å². The SMILES string of the molecule is CN(c1ccc(-c2ccc(-n3ccnc3)cc2O)nn1)C1C[C@]2(C)C=C[C@](C)(C1)N2. The van der Waals surface area contributed by atoms with E-state index in [9.17, 15) is 5.11 Å². The molecular formula is C23H26N6O. The summed E-state index contributed by atoms with van der Waals surface area (Å²) in [6, 6.07) is 9.76. The molecule has 4 heterocycles. The van der Waals surface area contributed by atoms with Gasteiger partial charge in [0.1, 0.15) is 5.75 Å². The van der Waals surface area contributed by atoms with Crippen LogP contribution in [-0.2, 0) is 0 Å². The van der Waals surface area contributed by atoms with Crippen molar-refractivity contribution in [2.45, 2.75) is 43.8 Å². The van der Waals surface area contributed by atoms with Gasteiger partial charge >= 0.3 is 0 Å². The van der Waals surface area contributed by atoms with E-state index < -0.39 is 0 Å². The average molecular weight is 403 g/mol. The largest absolute Gasteiger partial charge is 0.507 e. The highest BCUT2D eigenvalue weighted by Gasteiger charge is 2.46. The van der Waals surface area contributed by atoms with Gasteiger partial charge in [-0.1, -0.05) is 12.2 Å². The highest BCUT2D eigenvalue weighted by atomic mass is 16.3. The highest BCUT2D eigenvalue weighted by Crippen LogP contribution is 2.39. The van der Waals surface area contributed by atoms with Crippen LogP contribution in [0, 0.1) is 0 Å². The van der Waals surface area contributed by atoms with Crippen LogP contribution in [0.2, 0.25) is 0 Å². The first-order valence-corrected chi connectivity index (χ1v) is 10.2. The molecule has 1 fully saturated rings. The van der Waals surface area contributed by atoms with Gasteiger partial charge in [-0.05, 0) is 51.0 Å². The molecule has 7 heteroatoms. The Kier molecular flexibility index (Phi) is 4.18. The normalized spacial score (nSPS) is 27.4. The fraction of sp³-hybridized carbons (Fsp3) is 0.348. The van der Waals surface area contributed by atoms with Gasteiger partial charge in [-0.25, -0.2) is 4.98 Å². The van der Waals surface area contributed by atoms with Crippen molar-refractivity contribution >= 4 is 5.82 Å². The van der Waals surface area contributed by atoms with Crippen LogP contribution in [0.25, 0.3) is 16.9 Å². The van der Waals surface area contributed by atoms with Crippen molar-refractivity contribution in [3.8, 4) is 22.7 Å². The summed E-state index contributed by atoms with van der Waals surface area (Å²) in [5.41, 5.74) is 2.20. The van der Waals surface area contributed by atoms with Gasteiger partial charge in [-0.15, -0.1) is 10.2 Å². The molecule has 2 aliphatic heterocycles. The van der Waals surface area contributed by atoms with Crippen molar-refractivity contribution in [2.75, 3.05) is 11.9 Å². The van der Waals surface area contributed by atoms with Crippen LogP contribution in [0.5, 0.6) is 5.75 Å². The van der Waals surface area contributed by atoms with Gasteiger partial charge in [0, 0.05) is 48.2 Å². The lowest BCUT2D eigenvalue weighted by molar-refractivity contribution is 0.227. The fourth-order valence-corrected chi connectivity index (χ4v) is 4.82. The molecule has 3 atom stereocenters. The van der Waals surface area contributed by atoms with Crippen LogP contribution in [0.15, 0.2) is 61.2 Å². The summed E-state index contributed by atoms with van der Waals surface area (Å²) < 4.78 is 1.84. The van der Waals surface area contributed by atoms with Crippen LogP contribution in [0.3, 0.4) is 0 Å². The first-order chi connectivity index (χ1) is 14.3. The Labute approximate surface area is 176 Å². The molecule has 1 saturated heterocycles. The molecule has 5 rings (SSSR count). The number of hydrogen-bond donors (Lipinski definition) is 2. The topological polar surface area (TPSA) is 79.1 Å². The van der Waals surface area contributed by atoms with Crippen LogP contribution >= 0.6 is 0 Å². The summed E-state index contributed by atoms with van der Waals surface area (Å²) in [4.78, 5) is 6.27. The number of rotatable bonds is 4. The third-order valence-electron chi connectivity index (χ3n) is 6.33. The smallest absolute Gasteiger partial charge is 0.151 e. The molecule has 154 valence electrons. The lowest BCUT2D eigenvalue weighted by Gasteiger charge is -2.45. The molecule has 0 saturated carbocycles. The number of anilines is 1. The zero-order valence-electron chi connectivity index (χ0n) is 17.4. The number of nitrogens with one attached hydrogen (secondary N) is 1. The van der Waals surface area contributed by atoms with Gasteiger partial charge in [-0.2, -0.15) is 0 Å². The minimum absolute atomic E-state index is 0.0298. The highest BCUT2D eigenvalue weighted by molar-refractivity contribution is 5.69. The molecule has 7 nitrogen and oxygen atoms in total. The fourth-order valence-electron chi connectivity index (χ4n) is 4.82. The van der Waals surface area contributed by atoms with Crippen LogP contribution in [-0.4, -0.2) is 49.0 Å².